The van der Waals surface area contributed by atoms with Gasteiger partial charge in [0.25, 0.3) is 11.8 Å². The van der Waals surface area contributed by atoms with Crippen LogP contribution in [0.5, 0.6) is 0 Å². The summed E-state index contributed by atoms with van der Waals surface area (Å²) >= 11 is 0. The zero-order valence-electron chi connectivity index (χ0n) is 14.2. The molecule has 0 spiro atoms. The molecule has 1 aliphatic heterocycles. The lowest BCUT2D eigenvalue weighted by molar-refractivity contribution is -0.131. The molecule has 1 atom stereocenters. The van der Waals surface area contributed by atoms with Gasteiger partial charge in [0.1, 0.15) is 5.82 Å². The maximum Gasteiger partial charge on any atom is 0.257 e. The molecular weight excluding hydrogens is 320 g/mol. The van der Waals surface area contributed by atoms with Gasteiger partial charge < -0.3 is 15.0 Å². The second-order valence-corrected chi connectivity index (χ2v) is 5.88. The molecule has 1 saturated heterocycles. The van der Waals surface area contributed by atoms with Crippen molar-refractivity contribution in [1.82, 2.24) is 14.9 Å². The van der Waals surface area contributed by atoms with E-state index in [2.05, 4.69) is 15.3 Å². The maximum absolute atomic E-state index is 12.7. The first-order chi connectivity index (χ1) is 12.0. The maximum atomic E-state index is 12.7. The molecule has 2 amide bonds. The number of rotatable bonds is 3. The van der Waals surface area contributed by atoms with E-state index >= 15 is 0 Å². The first kappa shape index (κ1) is 17.0. The fraction of sp³-hybridized carbons (Fsp3) is 0.333. The van der Waals surface area contributed by atoms with Gasteiger partial charge in [0.05, 0.1) is 24.4 Å². The summed E-state index contributed by atoms with van der Waals surface area (Å²) in [5, 5.41) is 2.80. The molecule has 25 heavy (non-hydrogen) atoms. The number of nitrogens with one attached hydrogen (secondary N) is 1. The van der Waals surface area contributed by atoms with Crippen molar-refractivity contribution in [2.75, 3.05) is 25.0 Å². The quantitative estimate of drug-likeness (QED) is 0.917. The first-order valence-corrected chi connectivity index (χ1v) is 8.11. The highest BCUT2D eigenvalue weighted by atomic mass is 16.5. The topological polar surface area (TPSA) is 84.4 Å². The average Bonchev–Trinajstić information content (AvgIpc) is 2.62. The lowest BCUT2D eigenvalue weighted by atomic mass is 10.1. The Morgan fingerprint density at radius 1 is 1.24 bits per heavy atom. The van der Waals surface area contributed by atoms with Gasteiger partial charge in [-0.05, 0) is 26.0 Å². The van der Waals surface area contributed by atoms with Crippen molar-refractivity contribution in [2.24, 2.45) is 0 Å². The van der Waals surface area contributed by atoms with Crippen LogP contribution in [0.2, 0.25) is 0 Å². The van der Waals surface area contributed by atoms with Gasteiger partial charge in [-0.3, -0.25) is 9.59 Å². The molecule has 1 aromatic heterocycles. The molecule has 2 heterocycles. The van der Waals surface area contributed by atoms with Gasteiger partial charge in [0.2, 0.25) is 0 Å². The molecule has 1 fully saturated rings. The molecule has 7 heteroatoms. The largest absolute Gasteiger partial charge is 0.365 e. The Balaban J connectivity index is 1.68. The van der Waals surface area contributed by atoms with E-state index < -0.39 is 6.10 Å². The summed E-state index contributed by atoms with van der Waals surface area (Å²) in [7, 11) is 0. The molecule has 1 unspecified atom stereocenters. The van der Waals surface area contributed by atoms with Crippen LogP contribution in [-0.2, 0) is 9.53 Å². The molecular formula is C18H20N4O3. The van der Waals surface area contributed by atoms with E-state index in [1.807, 2.05) is 18.2 Å². The number of carbonyl (C=O) groups is 2. The summed E-state index contributed by atoms with van der Waals surface area (Å²) in [6.07, 6.45) is 0.832. The lowest BCUT2D eigenvalue weighted by Crippen LogP contribution is -2.50. The molecule has 0 radical (unpaired) electrons. The van der Waals surface area contributed by atoms with Gasteiger partial charge in [0, 0.05) is 18.4 Å². The zero-order chi connectivity index (χ0) is 17.8. The van der Waals surface area contributed by atoms with Crippen molar-refractivity contribution in [3.8, 4) is 0 Å². The highest BCUT2D eigenvalue weighted by Gasteiger charge is 2.30. The molecule has 1 N–H and O–H groups in total. The van der Waals surface area contributed by atoms with Crippen LogP contribution < -0.4 is 5.32 Å². The van der Waals surface area contributed by atoms with Gasteiger partial charge in [-0.25, -0.2) is 9.97 Å². The third-order valence-electron chi connectivity index (χ3n) is 4.02. The van der Waals surface area contributed by atoms with Gasteiger partial charge >= 0.3 is 0 Å². The minimum Gasteiger partial charge on any atom is -0.365 e. The van der Waals surface area contributed by atoms with Gasteiger partial charge in [0.15, 0.2) is 6.10 Å². The van der Waals surface area contributed by atoms with Crippen molar-refractivity contribution in [1.29, 1.82) is 0 Å². The number of anilines is 1. The molecule has 130 valence electrons. The monoisotopic (exact) mass is 340 g/mol. The number of para-hydroxylation sites is 1. The van der Waals surface area contributed by atoms with Crippen molar-refractivity contribution in [3.63, 3.8) is 0 Å². The summed E-state index contributed by atoms with van der Waals surface area (Å²) in [4.78, 5) is 35.0. The molecule has 1 aromatic carbocycles. The SMILES string of the molecule is Cc1ncc(C(=O)N2CCOC(C(=O)Nc3ccccc3)C2)c(C)n1. The van der Waals surface area contributed by atoms with Crippen molar-refractivity contribution in [3.05, 3.63) is 53.6 Å². The Bertz CT molecular complexity index is 779. The van der Waals surface area contributed by atoms with E-state index in [-0.39, 0.29) is 18.4 Å². The third-order valence-corrected chi connectivity index (χ3v) is 4.02. The second-order valence-electron chi connectivity index (χ2n) is 5.88. The smallest absolute Gasteiger partial charge is 0.257 e. The molecule has 7 nitrogen and oxygen atoms in total. The number of hydrogen-bond donors (Lipinski definition) is 1. The zero-order valence-corrected chi connectivity index (χ0v) is 14.2. The molecule has 1 aliphatic rings. The number of hydrogen-bond acceptors (Lipinski definition) is 5. The predicted octanol–water partition coefficient (Wildman–Crippen LogP) is 1.57. The van der Waals surface area contributed by atoms with Crippen LogP contribution in [-0.4, -0.2) is 52.5 Å². The Hall–Kier alpha value is -2.80. The number of nitrogens with zero attached hydrogens (tertiary/aromatic N) is 3. The molecule has 3 rings (SSSR count). The number of benzene rings is 1. The molecule has 2 aromatic rings. The predicted molar refractivity (Wildman–Crippen MR) is 92.2 cm³/mol. The van der Waals surface area contributed by atoms with E-state index in [1.165, 1.54) is 6.20 Å². The lowest BCUT2D eigenvalue weighted by Gasteiger charge is -2.32. The molecule has 0 aliphatic carbocycles. The fourth-order valence-electron chi connectivity index (χ4n) is 2.70. The Morgan fingerprint density at radius 2 is 2.00 bits per heavy atom. The van der Waals surface area contributed by atoms with Crippen molar-refractivity contribution >= 4 is 17.5 Å². The van der Waals surface area contributed by atoms with Gasteiger partial charge in [-0.2, -0.15) is 0 Å². The summed E-state index contributed by atoms with van der Waals surface area (Å²) < 4.78 is 5.54. The van der Waals surface area contributed by atoms with Crippen LogP contribution in [0.4, 0.5) is 5.69 Å². The number of ether oxygens (including phenoxy) is 1. The molecule has 0 bridgehead atoms. The Morgan fingerprint density at radius 3 is 2.72 bits per heavy atom. The van der Waals surface area contributed by atoms with E-state index in [0.29, 0.717) is 35.9 Å². The van der Waals surface area contributed by atoms with Crippen LogP contribution in [0.15, 0.2) is 36.5 Å². The van der Waals surface area contributed by atoms with Crippen molar-refractivity contribution < 1.29 is 14.3 Å². The van der Waals surface area contributed by atoms with Crippen LogP contribution in [0, 0.1) is 13.8 Å². The minimum absolute atomic E-state index is 0.182. The van der Waals surface area contributed by atoms with Crippen LogP contribution in [0.3, 0.4) is 0 Å². The standard InChI is InChI=1S/C18H20N4O3/c1-12-15(10-19-13(2)20-12)18(24)22-8-9-25-16(11-22)17(23)21-14-6-4-3-5-7-14/h3-7,10,16H,8-9,11H2,1-2H3,(H,21,23). The number of amides is 2. The third kappa shape index (κ3) is 4.00. The van der Waals surface area contributed by atoms with Gasteiger partial charge in [-0.1, -0.05) is 18.2 Å². The van der Waals surface area contributed by atoms with Crippen LogP contribution in [0.25, 0.3) is 0 Å². The number of aromatic nitrogens is 2. The Kier molecular flexibility index (Phi) is 5.04. The number of morpholine rings is 1. The van der Waals surface area contributed by atoms with Crippen LogP contribution in [0.1, 0.15) is 21.9 Å². The second kappa shape index (κ2) is 7.40. The summed E-state index contributed by atoms with van der Waals surface area (Å²) in [6.45, 7) is 4.50. The van der Waals surface area contributed by atoms with E-state index in [9.17, 15) is 9.59 Å². The summed E-state index contributed by atoms with van der Waals surface area (Å²) in [5.41, 5.74) is 1.78. The normalized spacial score (nSPS) is 17.2. The average molecular weight is 340 g/mol. The van der Waals surface area contributed by atoms with Gasteiger partial charge in [-0.15, -0.1) is 0 Å². The van der Waals surface area contributed by atoms with Crippen molar-refractivity contribution in [2.45, 2.75) is 20.0 Å². The number of carbonyl (C=O) groups excluding carboxylic acids is 2. The molecule has 0 saturated carbocycles. The first-order valence-electron chi connectivity index (χ1n) is 8.11. The van der Waals surface area contributed by atoms with E-state index in [4.69, 9.17) is 4.74 Å². The summed E-state index contributed by atoms with van der Waals surface area (Å²) in [6, 6.07) is 9.16. The Labute approximate surface area is 146 Å². The summed E-state index contributed by atoms with van der Waals surface area (Å²) in [5.74, 6) is 0.176. The minimum atomic E-state index is -0.704. The highest BCUT2D eigenvalue weighted by Crippen LogP contribution is 2.14. The highest BCUT2D eigenvalue weighted by molar-refractivity contribution is 5.97. The van der Waals surface area contributed by atoms with E-state index in [0.717, 1.165) is 0 Å². The number of aryl methyl sites for hydroxylation is 2. The van der Waals surface area contributed by atoms with Crippen LogP contribution >= 0.6 is 0 Å². The fourth-order valence-corrected chi connectivity index (χ4v) is 2.70. The van der Waals surface area contributed by atoms with E-state index in [1.54, 1.807) is 30.9 Å².